The molecule has 1 aromatic carbocycles. The predicted octanol–water partition coefficient (Wildman–Crippen LogP) is 3.54. The Kier molecular flexibility index (Phi) is 6.37. The molecule has 1 amide bonds. The van der Waals surface area contributed by atoms with Crippen LogP contribution in [-0.4, -0.2) is 50.8 Å². The third-order valence-corrected chi connectivity index (χ3v) is 4.50. The van der Waals surface area contributed by atoms with Crippen molar-refractivity contribution in [3.05, 3.63) is 42.4 Å². The minimum Gasteiger partial charge on any atom is -0.341 e. The predicted molar refractivity (Wildman–Crippen MR) is 102 cm³/mol. The van der Waals surface area contributed by atoms with Crippen LogP contribution in [0.2, 0.25) is 0 Å². The van der Waals surface area contributed by atoms with Gasteiger partial charge in [0.15, 0.2) is 0 Å². The molecule has 1 heterocycles. The molecule has 5 heteroatoms. The summed E-state index contributed by atoms with van der Waals surface area (Å²) in [5, 5.41) is 0. The fourth-order valence-corrected chi connectivity index (χ4v) is 3.09. The van der Waals surface area contributed by atoms with Crippen LogP contribution in [0.1, 0.15) is 40.4 Å². The normalized spacial score (nSPS) is 12.8. The Bertz CT molecular complexity index is 670. The lowest BCUT2D eigenvalue weighted by Crippen LogP contribution is -2.50. The fourth-order valence-electron chi connectivity index (χ4n) is 3.09. The van der Waals surface area contributed by atoms with E-state index in [0.29, 0.717) is 6.54 Å². The van der Waals surface area contributed by atoms with E-state index in [1.807, 2.05) is 48.2 Å². The van der Waals surface area contributed by atoms with Crippen molar-refractivity contribution < 1.29 is 4.79 Å². The molecule has 0 spiro atoms. The van der Waals surface area contributed by atoms with E-state index in [-0.39, 0.29) is 24.0 Å². The first-order valence-corrected chi connectivity index (χ1v) is 8.93. The van der Waals surface area contributed by atoms with Crippen LogP contribution in [0, 0.1) is 0 Å². The first-order chi connectivity index (χ1) is 11.8. The first-order valence-electron chi connectivity index (χ1n) is 8.93. The van der Waals surface area contributed by atoms with Gasteiger partial charge in [-0.2, -0.15) is 0 Å². The Labute approximate surface area is 151 Å². The number of carbonyl (C=O) groups excluding carboxylic acids is 1. The highest BCUT2D eigenvalue weighted by Gasteiger charge is 2.27. The maximum Gasteiger partial charge on any atom is 0.240 e. The van der Waals surface area contributed by atoms with Crippen molar-refractivity contribution in [2.45, 2.75) is 59.3 Å². The number of likely N-dealkylation sites (N-methyl/N-ethyl adjacent to an activating group) is 1. The Morgan fingerprint density at radius 1 is 1.08 bits per heavy atom. The van der Waals surface area contributed by atoms with Crippen molar-refractivity contribution in [2.75, 3.05) is 7.05 Å². The topological polar surface area (TPSA) is 52.2 Å². The van der Waals surface area contributed by atoms with E-state index in [2.05, 4.69) is 49.8 Å². The van der Waals surface area contributed by atoms with Gasteiger partial charge in [-0.3, -0.25) is 9.69 Å². The zero-order chi connectivity index (χ0) is 18.6. The van der Waals surface area contributed by atoms with Gasteiger partial charge in [0.2, 0.25) is 5.91 Å². The molecule has 5 nitrogen and oxygen atoms in total. The minimum absolute atomic E-state index is 0.155. The van der Waals surface area contributed by atoms with Crippen molar-refractivity contribution >= 4 is 5.91 Å². The molecule has 0 aliphatic carbocycles. The molecule has 1 N–H and O–H groups in total. The molecule has 1 aromatic heterocycles. The number of amides is 1. The summed E-state index contributed by atoms with van der Waals surface area (Å²) in [6, 6.07) is 10.3. The summed E-state index contributed by atoms with van der Waals surface area (Å²) in [6.07, 6.45) is 1.85. The highest BCUT2D eigenvalue weighted by molar-refractivity contribution is 5.82. The van der Waals surface area contributed by atoms with Gasteiger partial charge >= 0.3 is 0 Å². The van der Waals surface area contributed by atoms with Gasteiger partial charge in [-0.25, -0.2) is 4.98 Å². The van der Waals surface area contributed by atoms with Gasteiger partial charge in [0.25, 0.3) is 0 Å². The summed E-state index contributed by atoms with van der Waals surface area (Å²) in [4.78, 5) is 24.6. The van der Waals surface area contributed by atoms with Crippen LogP contribution >= 0.6 is 0 Å². The molecule has 2 aromatic rings. The second-order valence-corrected chi connectivity index (χ2v) is 7.13. The van der Waals surface area contributed by atoms with Gasteiger partial charge in [-0.1, -0.05) is 30.3 Å². The molecule has 0 saturated heterocycles. The summed E-state index contributed by atoms with van der Waals surface area (Å²) in [5.74, 6) is 1.02. The van der Waals surface area contributed by atoms with E-state index >= 15 is 0 Å². The second-order valence-electron chi connectivity index (χ2n) is 7.13. The molecule has 2 rings (SSSR count). The van der Waals surface area contributed by atoms with Gasteiger partial charge in [-0.15, -0.1) is 0 Å². The number of carbonyl (C=O) groups is 1. The molecule has 1 atom stereocenters. The van der Waals surface area contributed by atoms with Gasteiger partial charge in [-0.05, 0) is 47.2 Å². The number of aromatic nitrogens is 2. The maximum absolute atomic E-state index is 12.8. The maximum atomic E-state index is 12.8. The van der Waals surface area contributed by atoms with Crippen LogP contribution in [0.15, 0.2) is 36.5 Å². The average Bonchev–Trinajstić information content (AvgIpc) is 3.02. The smallest absolute Gasteiger partial charge is 0.240 e. The van der Waals surface area contributed by atoms with E-state index in [4.69, 9.17) is 0 Å². The van der Waals surface area contributed by atoms with Gasteiger partial charge < -0.3 is 9.88 Å². The van der Waals surface area contributed by atoms with E-state index in [1.165, 1.54) is 0 Å². The number of rotatable bonds is 7. The molecular weight excluding hydrogens is 312 g/mol. The molecule has 25 heavy (non-hydrogen) atoms. The average molecular weight is 342 g/mol. The summed E-state index contributed by atoms with van der Waals surface area (Å²) in [5.41, 5.74) is 2.10. The molecule has 0 aliphatic heterocycles. The van der Waals surface area contributed by atoms with Crippen LogP contribution in [0.4, 0.5) is 0 Å². The third-order valence-electron chi connectivity index (χ3n) is 4.50. The minimum atomic E-state index is -0.199. The van der Waals surface area contributed by atoms with Crippen molar-refractivity contribution in [1.82, 2.24) is 19.8 Å². The summed E-state index contributed by atoms with van der Waals surface area (Å²) < 4.78 is 0. The Morgan fingerprint density at radius 3 is 2.24 bits per heavy atom. The second kappa shape index (κ2) is 8.30. The lowest BCUT2D eigenvalue weighted by Gasteiger charge is -2.35. The Hall–Kier alpha value is -2.14. The molecule has 0 radical (unpaired) electrons. The van der Waals surface area contributed by atoms with Crippen LogP contribution in [0.3, 0.4) is 0 Å². The molecule has 1 unspecified atom stereocenters. The van der Waals surface area contributed by atoms with Crippen molar-refractivity contribution in [3.8, 4) is 11.3 Å². The van der Waals surface area contributed by atoms with Crippen LogP contribution in [-0.2, 0) is 11.3 Å². The molecule has 136 valence electrons. The van der Waals surface area contributed by atoms with Gasteiger partial charge in [0.1, 0.15) is 5.82 Å². The number of benzene rings is 1. The number of nitrogens with zero attached hydrogens (tertiary/aromatic N) is 3. The SMILES string of the molecule is CC(C(=O)N(C(C)C)C(C)C)N(C)Cc1ncc(-c2ccccc2)[nH]1. The Morgan fingerprint density at radius 2 is 1.68 bits per heavy atom. The lowest BCUT2D eigenvalue weighted by atomic mass is 10.1. The molecule has 0 aliphatic rings. The quantitative estimate of drug-likeness (QED) is 0.837. The molecule has 0 bridgehead atoms. The van der Waals surface area contributed by atoms with Gasteiger partial charge in [0, 0.05) is 12.1 Å². The van der Waals surface area contributed by atoms with Crippen LogP contribution < -0.4 is 0 Å². The molecule has 0 fully saturated rings. The third kappa shape index (κ3) is 4.69. The zero-order valence-electron chi connectivity index (χ0n) is 16.2. The lowest BCUT2D eigenvalue weighted by molar-refractivity contribution is -0.139. The first kappa shape index (κ1) is 19.2. The number of H-pyrrole nitrogens is 1. The number of nitrogens with one attached hydrogen (secondary N) is 1. The largest absolute Gasteiger partial charge is 0.341 e. The standard InChI is InChI=1S/C20H30N4O/c1-14(2)24(15(3)4)20(25)16(5)23(6)13-19-21-12-18(22-19)17-10-8-7-9-11-17/h7-12,14-16H,13H2,1-6H3,(H,21,22). The van der Waals surface area contributed by atoms with Crippen molar-refractivity contribution in [3.63, 3.8) is 0 Å². The number of imidazole rings is 1. The fraction of sp³-hybridized carbons (Fsp3) is 0.500. The molecule has 0 saturated carbocycles. The van der Waals surface area contributed by atoms with Crippen molar-refractivity contribution in [2.24, 2.45) is 0 Å². The van der Waals surface area contributed by atoms with Crippen LogP contribution in [0.25, 0.3) is 11.3 Å². The molecular formula is C20H30N4O. The summed E-state index contributed by atoms with van der Waals surface area (Å²) in [7, 11) is 1.96. The van der Waals surface area contributed by atoms with Gasteiger partial charge in [0.05, 0.1) is 24.5 Å². The highest BCUT2D eigenvalue weighted by atomic mass is 16.2. The highest BCUT2D eigenvalue weighted by Crippen LogP contribution is 2.17. The van der Waals surface area contributed by atoms with E-state index in [9.17, 15) is 4.79 Å². The summed E-state index contributed by atoms with van der Waals surface area (Å²) in [6.45, 7) is 10.8. The van der Waals surface area contributed by atoms with E-state index in [0.717, 1.165) is 17.1 Å². The number of hydrogen-bond donors (Lipinski definition) is 1. The van der Waals surface area contributed by atoms with Crippen LogP contribution in [0.5, 0.6) is 0 Å². The number of hydrogen-bond acceptors (Lipinski definition) is 3. The monoisotopic (exact) mass is 342 g/mol. The Balaban J connectivity index is 2.05. The zero-order valence-corrected chi connectivity index (χ0v) is 16.2. The van der Waals surface area contributed by atoms with E-state index < -0.39 is 0 Å². The summed E-state index contributed by atoms with van der Waals surface area (Å²) >= 11 is 0. The van der Waals surface area contributed by atoms with E-state index in [1.54, 1.807) is 0 Å². The van der Waals surface area contributed by atoms with Crippen molar-refractivity contribution in [1.29, 1.82) is 0 Å². The number of aromatic amines is 1.